The normalized spacial score (nSPS) is 17.8. The largest absolute Gasteiger partial charge is 0.481 e. The van der Waals surface area contributed by atoms with Gasteiger partial charge in [-0.3, -0.25) is 4.79 Å². The number of carbonyl (C=O) groups excluding carboxylic acids is 1. The quantitative estimate of drug-likeness (QED) is 0.746. The lowest BCUT2D eigenvalue weighted by Gasteiger charge is -2.32. The van der Waals surface area contributed by atoms with Crippen molar-refractivity contribution in [1.82, 2.24) is 10.2 Å². The van der Waals surface area contributed by atoms with Gasteiger partial charge in [0.2, 0.25) is 0 Å². The van der Waals surface area contributed by atoms with Gasteiger partial charge in [-0.1, -0.05) is 0 Å². The number of carboxylic acids is 1. The highest BCUT2D eigenvalue weighted by Gasteiger charge is 2.23. The molecule has 0 radical (unpaired) electrons. The minimum Gasteiger partial charge on any atom is -0.481 e. The Morgan fingerprint density at radius 1 is 1.40 bits per heavy atom. The van der Waals surface area contributed by atoms with Gasteiger partial charge < -0.3 is 20.1 Å². The zero-order chi connectivity index (χ0) is 15.0. The number of methoxy groups -OCH3 is 1. The fraction of sp³-hybridized carbons (Fsp3) is 0.857. The summed E-state index contributed by atoms with van der Waals surface area (Å²) >= 11 is 0. The van der Waals surface area contributed by atoms with E-state index >= 15 is 0 Å². The third-order valence-corrected chi connectivity index (χ3v) is 3.79. The molecule has 6 heteroatoms. The smallest absolute Gasteiger partial charge is 0.317 e. The Morgan fingerprint density at radius 2 is 2.05 bits per heavy atom. The van der Waals surface area contributed by atoms with Crippen LogP contribution in [0.15, 0.2) is 0 Å². The number of nitrogens with zero attached hydrogens (tertiary/aromatic N) is 1. The van der Waals surface area contributed by atoms with Crippen LogP contribution in [0.2, 0.25) is 0 Å². The summed E-state index contributed by atoms with van der Waals surface area (Å²) in [5.74, 6) is -0.307. The van der Waals surface area contributed by atoms with E-state index in [0.29, 0.717) is 25.6 Å². The van der Waals surface area contributed by atoms with Crippen molar-refractivity contribution < 1.29 is 19.4 Å². The molecule has 0 saturated carbocycles. The van der Waals surface area contributed by atoms with Crippen LogP contribution in [0, 0.1) is 5.92 Å². The molecule has 0 bridgehead atoms. The maximum atomic E-state index is 12.0. The van der Waals surface area contributed by atoms with Crippen LogP contribution in [0.3, 0.4) is 0 Å². The van der Waals surface area contributed by atoms with Crippen LogP contribution in [0.1, 0.15) is 39.0 Å². The zero-order valence-corrected chi connectivity index (χ0v) is 12.4. The highest BCUT2D eigenvalue weighted by Crippen LogP contribution is 2.21. The van der Waals surface area contributed by atoms with E-state index in [0.717, 1.165) is 25.7 Å². The van der Waals surface area contributed by atoms with Gasteiger partial charge in [0.25, 0.3) is 0 Å². The molecule has 1 unspecified atom stereocenters. The first-order chi connectivity index (χ1) is 9.52. The molecule has 1 aliphatic rings. The van der Waals surface area contributed by atoms with Crippen LogP contribution in [-0.4, -0.2) is 54.9 Å². The van der Waals surface area contributed by atoms with Crippen molar-refractivity contribution in [2.24, 2.45) is 5.92 Å². The molecule has 116 valence electrons. The summed E-state index contributed by atoms with van der Waals surface area (Å²) in [6.45, 7) is 4.04. The second-order valence-corrected chi connectivity index (χ2v) is 5.49. The third kappa shape index (κ3) is 6.23. The number of urea groups is 1. The van der Waals surface area contributed by atoms with Gasteiger partial charge in [0.1, 0.15) is 0 Å². The Kier molecular flexibility index (Phi) is 7.36. The molecule has 0 aromatic rings. The number of aliphatic carboxylic acids is 1. The molecule has 2 amide bonds. The number of ether oxygens (including phenoxy) is 1. The molecule has 0 aromatic heterocycles. The first-order valence-corrected chi connectivity index (χ1v) is 7.29. The number of piperidine rings is 1. The molecular formula is C14H26N2O4. The Labute approximate surface area is 120 Å². The van der Waals surface area contributed by atoms with Crippen molar-refractivity contribution in [2.75, 3.05) is 26.8 Å². The predicted molar refractivity (Wildman–Crippen MR) is 75.7 cm³/mol. The van der Waals surface area contributed by atoms with E-state index in [1.54, 1.807) is 7.11 Å². The Morgan fingerprint density at radius 3 is 2.60 bits per heavy atom. The minimum atomic E-state index is -0.739. The van der Waals surface area contributed by atoms with E-state index in [-0.39, 0.29) is 18.5 Å². The van der Waals surface area contributed by atoms with E-state index in [1.165, 1.54) is 0 Å². The topological polar surface area (TPSA) is 78.9 Å². The summed E-state index contributed by atoms with van der Waals surface area (Å²) in [5, 5.41) is 11.6. The number of carboxylic acid groups (broad SMARTS) is 1. The van der Waals surface area contributed by atoms with Gasteiger partial charge in [0.15, 0.2) is 0 Å². The van der Waals surface area contributed by atoms with E-state index in [2.05, 4.69) is 5.32 Å². The van der Waals surface area contributed by atoms with Crippen LogP contribution in [0.4, 0.5) is 4.79 Å². The molecule has 1 saturated heterocycles. The fourth-order valence-electron chi connectivity index (χ4n) is 2.42. The second-order valence-electron chi connectivity index (χ2n) is 5.49. The van der Waals surface area contributed by atoms with Crippen molar-refractivity contribution >= 4 is 12.0 Å². The van der Waals surface area contributed by atoms with Gasteiger partial charge in [0.05, 0.1) is 0 Å². The molecule has 1 rings (SSSR count). The molecule has 1 atom stereocenters. The van der Waals surface area contributed by atoms with Crippen molar-refractivity contribution in [3.8, 4) is 0 Å². The van der Waals surface area contributed by atoms with Gasteiger partial charge >= 0.3 is 12.0 Å². The molecule has 20 heavy (non-hydrogen) atoms. The molecule has 2 N–H and O–H groups in total. The Balaban J connectivity index is 2.23. The summed E-state index contributed by atoms with van der Waals surface area (Å²) in [5.41, 5.74) is 0. The molecule has 1 heterocycles. The van der Waals surface area contributed by atoms with E-state index in [1.807, 2.05) is 11.8 Å². The van der Waals surface area contributed by atoms with Gasteiger partial charge in [-0.25, -0.2) is 4.79 Å². The summed E-state index contributed by atoms with van der Waals surface area (Å²) in [6, 6.07) is 0.0810. The van der Waals surface area contributed by atoms with E-state index < -0.39 is 5.97 Å². The molecule has 0 aliphatic carbocycles. The average molecular weight is 286 g/mol. The molecule has 1 aliphatic heterocycles. The van der Waals surface area contributed by atoms with Crippen molar-refractivity contribution in [3.63, 3.8) is 0 Å². The van der Waals surface area contributed by atoms with E-state index in [4.69, 9.17) is 9.84 Å². The predicted octanol–water partition coefficient (Wildman–Crippen LogP) is 1.70. The monoisotopic (exact) mass is 286 g/mol. The number of amides is 2. The lowest BCUT2D eigenvalue weighted by Crippen LogP contribution is -2.47. The SMILES string of the molecule is COCCC(C)NC(=O)N1CCC(CCC(=O)O)CC1. The summed E-state index contributed by atoms with van der Waals surface area (Å²) in [7, 11) is 1.65. The summed E-state index contributed by atoms with van der Waals surface area (Å²) in [6.07, 6.45) is 3.54. The number of nitrogens with one attached hydrogen (secondary N) is 1. The Hall–Kier alpha value is -1.30. The van der Waals surface area contributed by atoms with Gasteiger partial charge in [-0.2, -0.15) is 0 Å². The minimum absolute atomic E-state index is 0.0229. The van der Waals surface area contributed by atoms with Crippen LogP contribution in [0.5, 0.6) is 0 Å². The second kappa shape index (κ2) is 8.79. The average Bonchev–Trinajstić information content (AvgIpc) is 2.43. The van der Waals surface area contributed by atoms with Gasteiger partial charge in [0, 0.05) is 39.3 Å². The van der Waals surface area contributed by atoms with Crippen LogP contribution >= 0.6 is 0 Å². The van der Waals surface area contributed by atoms with Gasteiger partial charge in [-0.05, 0) is 38.5 Å². The highest BCUT2D eigenvalue weighted by molar-refractivity contribution is 5.74. The van der Waals surface area contributed by atoms with Crippen LogP contribution < -0.4 is 5.32 Å². The Bertz CT molecular complexity index is 314. The maximum absolute atomic E-state index is 12.0. The van der Waals surface area contributed by atoms with Crippen LogP contribution in [0.25, 0.3) is 0 Å². The number of likely N-dealkylation sites (tertiary alicyclic amines) is 1. The number of hydrogen-bond acceptors (Lipinski definition) is 3. The molecule has 0 spiro atoms. The molecular weight excluding hydrogens is 260 g/mol. The zero-order valence-electron chi connectivity index (χ0n) is 12.4. The van der Waals surface area contributed by atoms with Crippen LogP contribution in [-0.2, 0) is 9.53 Å². The fourth-order valence-corrected chi connectivity index (χ4v) is 2.42. The van der Waals surface area contributed by atoms with Crippen molar-refractivity contribution in [1.29, 1.82) is 0 Å². The summed E-state index contributed by atoms with van der Waals surface area (Å²) in [4.78, 5) is 24.4. The highest BCUT2D eigenvalue weighted by atomic mass is 16.5. The summed E-state index contributed by atoms with van der Waals surface area (Å²) < 4.78 is 4.99. The lowest BCUT2D eigenvalue weighted by molar-refractivity contribution is -0.137. The van der Waals surface area contributed by atoms with E-state index in [9.17, 15) is 9.59 Å². The number of rotatable bonds is 7. The first-order valence-electron chi connectivity index (χ1n) is 7.29. The number of carbonyl (C=O) groups is 2. The molecule has 0 aromatic carbocycles. The molecule has 1 fully saturated rings. The standard InChI is InChI=1S/C14H26N2O4/c1-11(7-10-20-2)15-14(19)16-8-5-12(6-9-16)3-4-13(17)18/h11-12H,3-10H2,1-2H3,(H,15,19)(H,17,18). The van der Waals surface area contributed by atoms with Gasteiger partial charge in [-0.15, -0.1) is 0 Å². The maximum Gasteiger partial charge on any atom is 0.317 e. The number of hydrogen-bond donors (Lipinski definition) is 2. The van der Waals surface area contributed by atoms with Crippen molar-refractivity contribution in [3.05, 3.63) is 0 Å². The molecule has 6 nitrogen and oxygen atoms in total. The first kappa shape index (κ1) is 16.8. The van der Waals surface area contributed by atoms with Crippen molar-refractivity contribution in [2.45, 2.75) is 45.1 Å². The third-order valence-electron chi connectivity index (χ3n) is 3.79. The lowest BCUT2D eigenvalue weighted by atomic mass is 9.92.